The van der Waals surface area contributed by atoms with Gasteiger partial charge in [-0.25, -0.2) is 9.67 Å². The van der Waals surface area contributed by atoms with Crippen LogP contribution in [-0.4, -0.2) is 65.9 Å². The average Bonchev–Trinajstić information content (AvgIpc) is 3.62. The molecule has 4 aromatic rings. The minimum absolute atomic E-state index is 0.100. The van der Waals surface area contributed by atoms with Gasteiger partial charge >= 0.3 is 0 Å². The molecule has 2 fully saturated rings. The largest absolute Gasteiger partial charge is 0.507 e. The molecule has 1 aliphatic heterocycles. The number of aromatic hydroxyl groups is 1. The summed E-state index contributed by atoms with van der Waals surface area (Å²) in [5.41, 5.74) is 4.21. The van der Waals surface area contributed by atoms with Crippen LogP contribution < -0.4 is 10.2 Å². The first kappa shape index (κ1) is 19.1. The molecule has 0 spiro atoms. The molecule has 10 heteroatoms. The summed E-state index contributed by atoms with van der Waals surface area (Å²) in [7, 11) is 1.82. The van der Waals surface area contributed by atoms with Gasteiger partial charge in [-0.3, -0.25) is 4.98 Å². The Balaban J connectivity index is 1.23. The lowest BCUT2D eigenvalue weighted by molar-refractivity contribution is 0.414. The minimum atomic E-state index is 0.100. The van der Waals surface area contributed by atoms with E-state index in [1.54, 1.807) is 23.1 Å². The number of anilines is 1. The Hall–Kier alpha value is -3.66. The molecule has 0 amide bonds. The molecule has 10 nitrogen and oxygen atoms in total. The number of nitrogens with one attached hydrogen (secondary N) is 1. The van der Waals surface area contributed by atoms with E-state index in [2.05, 4.69) is 40.7 Å². The molecule has 4 heterocycles. The average molecular weight is 429 g/mol. The summed E-state index contributed by atoms with van der Waals surface area (Å²) in [5.74, 6) is 1.52. The van der Waals surface area contributed by atoms with Gasteiger partial charge in [0.2, 0.25) is 5.95 Å². The molecule has 1 saturated carbocycles. The lowest BCUT2D eigenvalue weighted by Gasteiger charge is -2.33. The molecule has 1 aromatic carbocycles. The van der Waals surface area contributed by atoms with Crippen LogP contribution >= 0.6 is 0 Å². The van der Waals surface area contributed by atoms with Crippen LogP contribution in [0.3, 0.4) is 0 Å². The zero-order chi connectivity index (χ0) is 21.7. The Morgan fingerprint density at radius 3 is 2.72 bits per heavy atom. The van der Waals surface area contributed by atoms with Gasteiger partial charge in [0.15, 0.2) is 0 Å². The molecule has 1 saturated heterocycles. The summed E-state index contributed by atoms with van der Waals surface area (Å²) in [6, 6.07) is 7.75. The maximum Gasteiger partial charge on any atom is 0.245 e. The molecular weight excluding hydrogens is 406 g/mol. The number of pyridine rings is 1. The van der Waals surface area contributed by atoms with Gasteiger partial charge in [-0.15, -0.1) is 15.3 Å². The van der Waals surface area contributed by atoms with Gasteiger partial charge in [-0.1, -0.05) is 11.3 Å². The first-order valence-electron chi connectivity index (χ1n) is 10.8. The number of nitrogens with zero attached hydrogens (tertiary/aromatic N) is 8. The molecule has 2 aliphatic rings. The number of hydrogen-bond donors (Lipinski definition) is 2. The Morgan fingerprint density at radius 2 is 1.94 bits per heavy atom. The van der Waals surface area contributed by atoms with Crippen molar-refractivity contribution < 1.29 is 5.11 Å². The number of fused-ring (bicyclic) bond motifs is 1. The monoisotopic (exact) mass is 429 g/mol. The van der Waals surface area contributed by atoms with Gasteiger partial charge in [0.1, 0.15) is 22.5 Å². The highest BCUT2D eigenvalue weighted by atomic mass is 16.3. The van der Waals surface area contributed by atoms with Crippen LogP contribution in [0.5, 0.6) is 5.75 Å². The van der Waals surface area contributed by atoms with Crippen molar-refractivity contribution in [2.45, 2.75) is 18.9 Å². The number of rotatable bonds is 4. The van der Waals surface area contributed by atoms with Crippen LogP contribution in [0.15, 0.2) is 36.7 Å². The topological polar surface area (TPSA) is 118 Å². The standard InChI is InChI=1S/C22H23N9O/c1-30-20-11-24-16(9-17(20)27-29-30)14-4-5-15(21(32)8-14)18-10-25-22(28-26-18)31-7-6-23-19(12-31)13-2-3-13/h4-5,8-11,13,19,23,32H,2-3,6-7,12H2,1H3. The third-order valence-corrected chi connectivity index (χ3v) is 6.30. The van der Waals surface area contributed by atoms with Crippen molar-refractivity contribution in [2.75, 3.05) is 24.5 Å². The fourth-order valence-electron chi connectivity index (χ4n) is 4.31. The summed E-state index contributed by atoms with van der Waals surface area (Å²) in [6.07, 6.45) is 6.02. The van der Waals surface area contributed by atoms with Crippen molar-refractivity contribution in [1.82, 2.24) is 40.5 Å². The lowest BCUT2D eigenvalue weighted by Crippen LogP contribution is -2.52. The van der Waals surface area contributed by atoms with Crippen LogP contribution in [0.2, 0.25) is 0 Å². The van der Waals surface area contributed by atoms with E-state index in [1.807, 2.05) is 25.2 Å². The summed E-state index contributed by atoms with van der Waals surface area (Å²) >= 11 is 0. The predicted molar refractivity (Wildman–Crippen MR) is 119 cm³/mol. The van der Waals surface area contributed by atoms with E-state index >= 15 is 0 Å². The van der Waals surface area contributed by atoms with Gasteiger partial charge in [-0.05, 0) is 37.0 Å². The van der Waals surface area contributed by atoms with Crippen LogP contribution in [0.4, 0.5) is 5.95 Å². The van der Waals surface area contributed by atoms with Crippen molar-refractivity contribution in [3.63, 3.8) is 0 Å². The van der Waals surface area contributed by atoms with Crippen LogP contribution in [-0.2, 0) is 7.05 Å². The lowest BCUT2D eigenvalue weighted by atomic mass is 10.1. The summed E-state index contributed by atoms with van der Waals surface area (Å²) < 4.78 is 1.68. The number of aromatic nitrogens is 7. The number of piperazine rings is 1. The normalized spacial score (nSPS) is 18.9. The van der Waals surface area contributed by atoms with Gasteiger partial charge in [0.05, 0.1) is 18.1 Å². The Labute approximate surface area is 184 Å². The number of aryl methyl sites for hydroxylation is 1. The molecule has 0 radical (unpaired) electrons. The molecule has 2 N–H and O–H groups in total. The van der Waals surface area contributed by atoms with Crippen molar-refractivity contribution in [3.05, 3.63) is 36.7 Å². The molecule has 1 aliphatic carbocycles. The Bertz CT molecular complexity index is 1280. The van der Waals surface area contributed by atoms with E-state index in [4.69, 9.17) is 0 Å². The molecule has 1 atom stereocenters. The Morgan fingerprint density at radius 1 is 1.03 bits per heavy atom. The van der Waals surface area contributed by atoms with E-state index < -0.39 is 0 Å². The quantitative estimate of drug-likeness (QED) is 0.500. The summed E-state index contributed by atoms with van der Waals surface area (Å²) in [6.45, 7) is 2.71. The van der Waals surface area contributed by atoms with E-state index in [9.17, 15) is 5.11 Å². The van der Waals surface area contributed by atoms with E-state index in [0.29, 0.717) is 28.9 Å². The maximum absolute atomic E-state index is 10.7. The molecule has 6 rings (SSSR count). The van der Waals surface area contributed by atoms with E-state index in [-0.39, 0.29) is 5.75 Å². The predicted octanol–water partition coefficient (Wildman–Crippen LogP) is 1.78. The molecule has 32 heavy (non-hydrogen) atoms. The minimum Gasteiger partial charge on any atom is -0.507 e. The van der Waals surface area contributed by atoms with Crippen molar-refractivity contribution in [1.29, 1.82) is 0 Å². The number of benzene rings is 1. The van der Waals surface area contributed by atoms with E-state index in [0.717, 1.165) is 42.1 Å². The molecular formula is C22H23N9O. The third-order valence-electron chi connectivity index (χ3n) is 6.30. The molecule has 1 unspecified atom stereocenters. The number of phenolic OH excluding ortho intramolecular Hbond substituents is 1. The van der Waals surface area contributed by atoms with Gasteiger partial charge in [0, 0.05) is 43.9 Å². The highest BCUT2D eigenvalue weighted by molar-refractivity contribution is 5.80. The second kappa shape index (κ2) is 7.49. The van der Waals surface area contributed by atoms with Gasteiger partial charge in [-0.2, -0.15) is 0 Å². The van der Waals surface area contributed by atoms with Crippen molar-refractivity contribution in [3.8, 4) is 28.3 Å². The molecule has 3 aromatic heterocycles. The number of phenols is 1. The highest BCUT2D eigenvalue weighted by Gasteiger charge is 2.34. The Kier molecular flexibility index (Phi) is 4.46. The summed E-state index contributed by atoms with van der Waals surface area (Å²) in [5, 5.41) is 31.1. The maximum atomic E-state index is 10.7. The molecule has 162 valence electrons. The SMILES string of the molecule is Cn1nnc2cc(-c3ccc(-c4cnc(N5CCNC(C6CC6)C5)nn4)c(O)c3)ncc21. The van der Waals surface area contributed by atoms with Crippen molar-refractivity contribution >= 4 is 17.0 Å². The van der Waals surface area contributed by atoms with Crippen LogP contribution in [0, 0.1) is 5.92 Å². The third kappa shape index (κ3) is 3.42. The molecule has 0 bridgehead atoms. The first-order chi connectivity index (χ1) is 15.7. The fraction of sp³-hybridized carbons (Fsp3) is 0.364. The number of hydrogen-bond acceptors (Lipinski definition) is 9. The van der Waals surface area contributed by atoms with Crippen molar-refractivity contribution in [2.24, 2.45) is 13.0 Å². The zero-order valence-corrected chi connectivity index (χ0v) is 17.7. The van der Waals surface area contributed by atoms with E-state index in [1.165, 1.54) is 12.8 Å². The highest BCUT2D eigenvalue weighted by Crippen LogP contribution is 2.34. The van der Waals surface area contributed by atoms with Gasteiger partial charge < -0.3 is 15.3 Å². The smallest absolute Gasteiger partial charge is 0.245 e. The fourth-order valence-corrected chi connectivity index (χ4v) is 4.31. The van der Waals surface area contributed by atoms with Gasteiger partial charge in [0.25, 0.3) is 0 Å². The second-order valence-electron chi connectivity index (χ2n) is 8.49. The zero-order valence-electron chi connectivity index (χ0n) is 17.7. The first-order valence-corrected chi connectivity index (χ1v) is 10.8. The second-order valence-corrected chi connectivity index (χ2v) is 8.49. The van der Waals surface area contributed by atoms with Crippen LogP contribution in [0.25, 0.3) is 33.5 Å². The summed E-state index contributed by atoms with van der Waals surface area (Å²) in [4.78, 5) is 11.2. The van der Waals surface area contributed by atoms with Crippen LogP contribution in [0.1, 0.15) is 12.8 Å².